The quantitative estimate of drug-likeness (QED) is 0.794. The SMILES string of the molecule is COC(=O)c1cccc(NC(=O)CCNc2cccc(Cl)c2)c1. The van der Waals surface area contributed by atoms with Crippen molar-refractivity contribution in [1.29, 1.82) is 0 Å². The molecule has 0 bridgehead atoms. The van der Waals surface area contributed by atoms with E-state index >= 15 is 0 Å². The van der Waals surface area contributed by atoms with Gasteiger partial charge < -0.3 is 15.4 Å². The number of benzene rings is 2. The lowest BCUT2D eigenvalue weighted by atomic mass is 10.2. The normalized spacial score (nSPS) is 10.0. The van der Waals surface area contributed by atoms with Crippen molar-refractivity contribution in [3.63, 3.8) is 0 Å². The molecule has 0 unspecified atom stereocenters. The van der Waals surface area contributed by atoms with Gasteiger partial charge in [0.05, 0.1) is 12.7 Å². The lowest BCUT2D eigenvalue weighted by molar-refractivity contribution is -0.115. The largest absolute Gasteiger partial charge is 0.465 e. The van der Waals surface area contributed by atoms with Gasteiger partial charge in [0.15, 0.2) is 0 Å². The standard InChI is InChI=1S/C17H17ClN2O3/c1-23-17(22)12-4-2-7-15(10-12)20-16(21)8-9-19-14-6-3-5-13(18)11-14/h2-7,10-11,19H,8-9H2,1H3,(H,20,21). The van der Waals surface area contributed by atoms with E-state index in [-0.39, 0.29) is 12.3 Å². The number of hydrogen-bond donors (Lipinski definition) is 2. The van der Waals surface area contributed by atoms with Crippen LogP contribution >= 0.6 is 11.6 Å². The molecule has 120 valence electrons. The summed E-state index contributed by atoms with van der Waals surface area (Å²) in [5, 5.41) is 6.51. The van der Waals surface area contributed by atoms with Gasteiger partial charge in [0.1, 0.15) is 0 Å². The van der Waals surface area contributed by atoms with Gasteiger partial charge in [0.25, 0.3) is 0 Å². The first-order valence-corrected chi connectivity index (χ1v) is 7.44. The van der Waals surface area contributed by atoms with Crippen LogP contribution in [0, 0.1) is 0 Å². The molecule has 6 heteroatoms. The van der Waals surface area contributed by atoms with E-state index < -0.39 is 5.97 Å². The molecule has 0 atom stereocenters. The highest BCUT2D eigenvalue weighted by molar-refractivity contribution is 6.30. The van der Waals surface area contributed by atoms with Crippen molar-refractivity contribution in [2.45, 2.75) is 6.42 Å². The average Bonchev–Trinajstić information content (AvgIpc) is 2.54. The number of halogens is 1. The molecule has 1 amide bonds. The van der Waals surface area contributed by atoms with Gasteiger partial charge in [-0.25, -0.2) is 4.79 Å². The predicted molar refractivity (Wildman–Crippen MR) is 91.0 cm³/mol. The Bertz CT molecular complexity index is 704. The number of amides is 1. The minimum Gasteiger partial charge on any atom is -0.465 e. The van der Waals surface area contributed by atoms with Crippen LogP contribution in [0.5, 0.6) is 0 Å². The van der Waals surface area contributed by atoms with E-state index in [1.54, 1.807) is 36.4 Å². The summed E-state index contributed by atoms with van der Waals surface area (Å²) in [7, 11) is 1.31. The number of rotatable bonds is 6. The second-order valence-corrected chi connectivity index (χ2v) is 5.24. The van der Waals surface area contributed by atoms with Gasteiger partial charge in [-0.15, -0.1) is 0 Å². The fraction of sp³-hybridized carbons (Fsp3) is 0.176. The number of carbonyl (C=O) groups excluding carboxylic acids is 2. The van der Waals surface area contributed by atoms with Gasteiger partial charge in [0, 0.05) is 29.4 Å². The molecular weight excluding hydrogens is 316 g/mol. The Hall–Kier alpha value is -2.53. The van der Waals surface area contributed by atoms with E-state index in [4.69, 9.17) is 11.6 Å². The van der Waals surface area contributed by atoms with Crippen molar-refractivity contribution in [1.82, 2.24) is 0 Å². The van der Waals surface area contributed by atoms with E-state index in [0.29, 0.717) is 22.8 Å². The van der Waals surface area contributed by atoms with Crippen molar-refractivity contribution in [3.8, 4) is 0 Å². The molecule has 23 heavy (non-hydrogen) atoms. The molecule has 0 heterocycles. The number of ether oxygens (including phenoxy) is 1. The van der Waals surface area contributed by atoms with Gasteiger partial charge in [-0.2, -0.15) is 0 Å². The first kappa shape index (κ1) is 16.8. The third-order valence-electron chi connectivity index (χ3n) is 3.07. The van der Waals surface area contributed by atoms with Gasteiger partial charge in [-0.05, 0) is 36.4 Å². The van der Waals surface area contributed by atoms with Crippen LogP contribution < -0.4 is 10.6 Å². The summed E-state index contributed by atoms with van der Waals surface area (Å²) in [6.07, 6.45) is 0.287. The van der Waals surface area contributed by atoms with E-state index in [9.17, 15) is 9.59 Å². The summed E-state index contributed by atoms with van der Waals surface area (Å²) in [5.74, 6) is -0.592. The van der Waals surface area contributed by atoms with Crippen molar-refractivity contribution in [2.24, 2.45) is 0 Å². The zero-order chi connectivity index (χ0) is 16.7. The molecule has 0 aliphatic rings. The molecule has 0 fully saturated rings. The highest BCUT2D eigenvalue weighted by atomic mass is 35.5. The van der Waals surface area contributed by atoms with Crippen molar-refractivity contribution >= 4 is 34.9 Å². The number of hydrogen-bond acceptors (Lipinski definition) is 4. The van der Waals surface area contributed by atoms with E-state index in [1.807, 2.05) is 12.1 Å². The van der Waals surface area contributed by atoms with Crippen LogP contribution in [-0.2, 0) is 9.53 Å². The Balaban J connectivity index is 1.84. The Kier molecular flexibility index (Phi) is 6.00. The maximum atomic E-state index is 11.9. The molecule has 5 nitrogen and oxygen atoms in total. The molecule has 0 saturated carbocycles. The predicted octanol–water partition coefficient (Wildman–Crippen LogP) is 3.57. The molecular formula is C17H17ClN2O3. The molecule has 0 radical (unpaired) electrons. The first-order valence-electron chi connectivity index (χ1n) is 7.06. The van der Waals surface area contributed by atoms with Crippen LogP contribution in [0.15, 0.2) is 48.5 Å². The van der Waals surface area contributed by atoms with E-state index in [2.05, 4.69) is 15.4 Å². The van der Waals surface area contributed by atoms with E-state index in [0.717, 1.165) is 5.69 Å². The topological polar surface area (TPSA) is 67.4 Å². The lowest BCUT2D eigenvalue weighted by Gasteiger charge is -2.08. The van der Waals surface area contributed by atoms with Crippen LogP contribution in [0.4, 0.5) is 11.4 Å². The molecule has 2 aromatic rings. The number of nitrogens with one attached hydrogen (secondary N) is 2. The number of anilines is 2. The summed E-state index contributed by atoms with van der Waals surface area (Å²) < 4.78 is 4.65. The van der Waals surface area contributed by atoms with Gasteiger partial charge in [0.2, 0.25) is 5.91 Å². The summed E-state index contributed by atoms with van der Waals surface area (Å²) in [4.78, 5) is 23.4. The maximum absolute atomic E-state index is 11.9. The highest BCUT2D eigenvalue weighted by Crippen LogP contribution is 2.15. The summed E-state index contributed by atoms with van der Waals surface area (Å²) in [6.45, 7) is 0.475. The third kappa shape index (κ3) is 5.30. The molecule has 0 aromatic heterocycles. The van der Waals surface area contributed by atoms with Gasteiger partial charge in [-0.3, -0.25) is 4.79 Å². The number of carbonyl (C=O) groups is 2. The number of methoxy groups -OCH3 is 1. The van der Waals surface area contributed by atoms with Crippen LogP contribution in [0.3, 0.4) is 0 Å². The smallest absolute Gasteiger partial charge is 0.337 e. The minimum absolute atomic E-state index is 0.151. The molecule has 0 aliphatic carbocycles. The molecule has 0 saturated heterocycles. The van der Waals surface area contributed by atoms with E-state index in [1.165, 1.54) is 7.11 Å². The van der Waals surface area contributed by atoms with Gasteiger partial charge in [-0.1, -0.05) is 23.7 Å². The van der Waals surface area contributed by atoms with Crippen LogP contribution in [0.2, 0.25) is 5.02 Å². The summed E-state index contributed by atoms with van der Waals surface area (Å²) in [6, 6.07) is 13.9. The summed E-state index contributed by atoms with van der Waals surface area (Å²) in [5.41, 5.74) is 1.81. The fourth-order valence-corrected chi connectivity index (χ4v) is 2.17. The molecule has 2 N–H and O–H groups in total. The van der Waals surface area contributed by atoms with Gasteiger partial charge >= 0.3 is 5.97 Å². The van der Waals surface area contributed by atoms with Crippen LogP contribution in [-0.4, -0.2) is 25.5 Å². The summed E-state index contributed by atoms with van der Waals surface area (Å²) >= 11 is 5.89. The number of esters is 1. The lowest BCUT2D eigenvalue weighted by Crippen LogP contribution is -2.16. The average molecular weight is 333 g/mol. The zero-order valence-corrected chi connectivity index (χ0v) is 13.4. The molecule has 0 aliphatic heterocycles. The third-order valence-corrected chi connectivity index (χ3v) is 3.31. The Morgan fingerprint density at radius 2 is 1.83 bits per heavy atom. The maximum Gasteiger partial charge on any atom is 0.337 e. The minimum atomic E-state index is -0.441. The van der Waals surface area contributed by atoms with Crippen molar-refractivity contribution < 1.29 is 14.3 Å². The molecule has 2 aromatic carbocycles. The molecule has 0 spiro atoms. The zero-order valence-electron chi connectivity index (χ0n) is 12.6. The second-order valence-electron chi connectivity index (χ2n) is 4.81. The Labute approximate surface area is 139 Å². The first-order chi connectivity index (χ1) is 11.1. The van der Waals surface area contributed by atoms with Crippen LogP contribution in [0.25, 0.3) is 0 Å². The fourth-order valence-electron chi connectivity index (χ4n) is 1.98. The van der Waals surface area contributed by atoms with Crippen molar-refractivity contribution in [2.75, 3.05) is 24.3 Å². The van der Waals surface area contributed by atoms with Crippen molar-refractivity contribution in [3.05, 3.63) is 59.1 Å². The van der Waals surface area contributed by atoms with Crippen LogP contribution in [0.1, 0.15) is 16.8 Å². The molecule has 2 rings (SSSR count). The second kappa shape index (κ2) is 8.19. The Morgan fingerprint density at radius 1 is 1.09 bits per heavy atom. The highest BCUT2D eigenvalue weighted by Gasteiger charge is 2.07. The monoisotopic (exact) mass is 332 g/mol. The Morgan fingerprint density at radius 3 is 2.57 bits per heavy atom.